The number of aryl methyl sites for hydroxylation is 3. The lowest BCUT2D eigenvalue weighted by atomic mass is 10.1. The molecular formula is C27H25NO3S2. The van der Waals surface area contributed by atoms with E-state index in [0.717, 1.165) is 22.4 Å². The Labute approximate surface area is 204 Å². The van der Waals surface area contributed by atoms with E-state index in [4.69, 9.17) is 21.7 Å². The molecule has 3 aromatic rings. The fraction of sp³-hybridized carbons (Fsp3) is 0.185. The van der Waals surface area contributed by atoms with E-state index in [-0.39, 0.29) is 5.91 Å². The first kappa shape index (κ1) is 23.1. The quantitative estimate of drug-likeness (QED) is 0.296. The van der Waals surface area contributed by atoms with Crippen LogP contribution in [0.4, 0.5) is 5.69 Å². The van der Waals surface area contributed by atoms with Crippen molar-refractivity contribution in [3.05, 3.63) is 93.4 Å². The fourth-order valence-corrected chi connectivity index (χ4v) is 4.74. The summed E-state index contributed by atoms with van der Waals surface area (Å²) < 4.78 is 12.0. The maximum Gasteiger partial charge on any atom is 0.270 e. The Bertz CT molecular complexity index is 1250. The van der Waals surface area contributed by atoms with Gasteiger partial charge in [0.1, 0.15) is 6.61 Å². The standard InChI is InChI=1S/C27H25NO3S2/c1-17-5-8-20(9-6-17)16-31-23-12-10-21(14-24(23)30-4)15-25-26(29)28(27(32)33-25)22-11-7-18(2)19(3)13-22/h5-15H,16H2,1-4H3/b25-15-. The zero-order valence-electron chi connectivity index (χ0n) is 19.0. The Balaban J connectivity index is 1.53. The van der Waals surface area contributed by atoms with Gasteiger partial charge in [0.2, 0.25) is 0 Å². The van der Waals surface area contributed by atoms with Gasteiger partial charge in [-0.25, -0.2) is 0 Å². The topological polar surface area (TPSA) is 38.8 Å². The molecule has 0 aromatic heterocycles. The molecule has 0 radical (unpaired) electrons. The third-order valence-corrected chi connectivity index (χ3v) is 6.84. The number of thioether (sulfide) groups is 1. The van der Waals surface area contributed by atoms with Gasteiger partial charge in [-0.05, 0) is 73.4 Å². The first-order valence-corrected chi connectivity index (χ1v) is 11.8. The number of benzene rings is 3. The zero-order chi connectivity index (χ0) is 23.5. The molecule has 1 aliphatic rings. The zero-order valence-corrected chi connectivity index (χ0v) is 20.7. The van der Waals surface area contributed by atoms with Crippen molar-refractivity contribution in [2.45, 2.75) is 27.4 Å². The third-order valence-electron chi connectivity index (χ3n) is 5.54. The highest BCUT2D eigenvalue weighted by molar-refractivity contribution is 8.27. The van der Waals surface area contributed by atoms with Crippen LogP contribution in [0.25, 0.3) is 6.08 Å². The summed E-state index contributed by atoms with van der Waals surface area (Å²) in [6, 6.07) is 19.8. The summed E-state index contributed by atoms with van der Waals surface area (Å²) in [4.78, 5) is 15.3. The van der Waals surface area contributed by atoms with E-state index in [1.807, 2.05) is 68.5 Å². The van der Waals surface area contributed by atoms with Gasteiger partial charge in [0.25, 0.3) is 5.91 Å². The van der Waals surface area contributed by atoms with Crippen LogP contribution in [0.2, 0.25) is 0 Å². The Morgan fingerprint density at radius 1 is 0.939 bits per heavy atom. The molecule has 33 heavy (non-hydrogen) atoms. The SMILES string of the molecule is COc1cc(/C=C2\SC(=S)N(c3ccc(C)c(C)c3)C2=O)ccc1OCc1ccc(C)cc1. The number of rotatable bonds is 6. The molecule has 1 aliphatic heterocycles. The number of thiocarbonyl (C=S) groups is 1. The van der Waals surface area contributed by atoms with Gasteiger partial charge in [0.15, 0.2) is 15.8 Å². The van der Waals surface area contributed by atoms with Crippen LogP contribution in [0, 0.1) is 20.8 Å². The van der Waals surface area contributed by atoms with E-state index in [0.29, 0.717) is 27.3 Å². The number of carbonyl (C=O) groups is 1. The van der Waals surface area contributed by atoms with E-state index in [1.54, 1.807) is 12.0 Å². The first-order chi connectivity index (χ1) is 15.9. The summed E-state index contributed by atoms with van der Waals surface area (Å²) in [5, 5.41) is 0. The minimum Gasteiger partial charge on any atom is -0.493 e. The van der Waals surface area contributed by atoms with Gasteiger partial charge in [-0.2, -0.15) is 0 Å². The molecule has 168 valence electrons. The van der Waals surface area contributed by atoms with Crippen molar-refractivity contribution >= 4 is 46.0 Å². The van der Waals surface area contributed by atoms with Gasteiger partial charge in [-0.15, -0.1) is 0 Å². The maximum absolute atomic E-state index is 13.1. The Hall–Kier alpha value is -3.09. The van der Waals surface area contributed by atoms with Crippen LogP contribution in [-0.4, -0.2) is 17.3 Å². The molecule has 0 spiro atoms. The second-order valence-corrected chi connectivity index (χ2v) is 9.65. The van der Waals surface area contributed by atoms with Crippen LogP contribution < -0.4 is 14.4 Å². The van der Waals surface area contributed by atoms with Gasteiger partial charge in [-0.3, -0.25) is 9.69 Å². The van der Waals surface area contributed by atoms with Crippen LogP contribution in [0.1, 0.15) is 27.8 Å². The third kappa shape index (κ3) is 5.13. The van der Waals surface area contributed by atoms with E-state index < -0.39 is 0 Å². The summed E-state index contributed by atoms with van der Waals surface area (Å²) in [6.45, 7) is 6.58. The van der Waals surface area contributed by atoms with Gasteiger partial charge >= 0.3 is 0 Å². The molecule has 1 fully saturated rings. The van der Waals surface area contributed by atoms with Crippen LogP contribution in [0.5, 0.6) is 11.5 Å². The molecule has 1 amide bonds. The Morgan fingerprint density at radius 2 is 1.70 bits per heavy atom. The lowest BCUT2D eigenvalue weighted by Gasteiger charge is -2.16. The van der Waals surface area contributed by atoms with Gasteiger partial charge in [0.05, 0.1) is 17.7 Å². The van der Waals surface area contributed by atoms with E-state index in [1.165, 1.54) is 22.9 Å². The van der Waals surface area contributed by atoms with Crippen molar-refractivity contribution in [3.63, 3.8) is 0 Å². The molecule has 0 atom stereocenters. The molecule has 1 saturated heterocycles. The van der Waals surface area contributed by atoms with Gasteiger partial charge < -0.3 is 9.47 Å². The number of methoxy groups -OCH3 is 1. The minimum atomic E-state index is -0.119. The minimum absolute atomic E-state index is 0.119. The number of carbonyl (C=O) groups excluding carboxylic acids is 1. The van der Waals surface area contributed by atoms with Crippen molar-refractivity contribution in [2.24, 2.45) is 0 Å². The number of amides is 1. The summed E-state index contributed by atoms with van der Waals surface area (Å²) in [5.41, 5.74) is 6.23. The molecule has 0 unspecified atom stereocenters. The van der Waals surface area contributed by atoms with Crippen molar-refractivity contribution < 1.29 is 14.3 Å². The lowest BCUT2D eigenvalue weighted by molar-refractivity contribution is -0.113. The highest BCUT2D eigenvalue weighted by Crippen LogP contribution is 2.37. The second-order valence-electron chi connectivity index (χ2n) is 7.97. The fourth-order valence-electron chi connectivity index (χ4n) is 3.44. The molecular weight excluding hydrogens is 450 g/mol. The highest BCUT2D eigenvalue weighted by atomic mass is 32.2. The predicted octanol–water partition coefficient (Wildman–Crippen LogP) is 6.61. The molecule has 6 heteroatoms. The summed E-state index contributed by atoms with van der Waals surface area (Å²) >= 11 is 6.81. The second kappa shape index (κ2) is 9.81. The van der Waals surface area contributed by atoms with Crippen LogP contribution in [0.3, 0.4) is 0 Å². The normalized spacial score (nSPS) is 14.8. The Morgan fingerprint density at radius 3 is 2.39 bits per heavy atom. The molecule has 0 bridgehead atoms. The van der Waals surface area contributed by atoms with Crippen molar-refractivity contribution in [1.29, 1.82) is 0 Å². The highest BCUT2D eigenvalue weighted by Gasteiger charge is 2.33. The predicted molar refractivity (Wildman–Crippen MR) is 140 cm³/mol. The number of ether oxygens (including phenoxy) is 2. The van der Waals surface area contributed by atoms with E-state index >= 15 is 0 Å². The maximum atomic E-state index is 13.1. The molecule has 0 N–H and O–H groups in total. The summed E-state index contributed by atoms with van der Waals surface area (Å²) in [5.74, 6) is 1.14. The summed E-state index contributed by atoms with van der Waals surface area (Å²) in [6.07, 6.45) is 1.84. The molecule has 0 saturated carbocycles. The summed E-state index contributed by atoms with van der Waals surface area (Å²) in [7, 11) is 1.61. The van der Waals surface area contributed by atoms with Crippen LogP contribution in [-0.2, 0) is 11.4 Å². The largest absolute Gasteiger partial charge is 0.493 e. The van der Waals surface area contributed by atoms with Crippen molar-refractivity contribution in [2.75, 3.05) is 12.0 Å². The molecule has 1 heterocycles. The van der Waals surface area contributed by atoms with Crippen molar-refractivity contribution in [3.8, 4) is 11.5 Å². The first-order valence-electron chi connectivity index (χ1n) is 10.6. The van der Waals surface area contributed by atoms with Crippen LogP contribution in [0.15, 0.2) is 65.6 Å². The molecule has 4 nitrogen and oxygen atoms in total. The lowest BCUT2D eigenvalue weighted by Crippen LogP contribution is -2.27. The number of anilines is 1. The smallest absolute Gasteiger partial charge is 0.270 e. The number of nitrogens with zero attached hydrogens (tertiary/aromatic N) is 1. The molecule has 0 aliphatic carbocycles. The van der Waals surface area contributed by atoms with Crippen LogP contribution >= 0.6 is 24.0 Å². The van der Waals surface area contributed by atoms with Crippen molar-refractivity contribution in [1.82, 2.24) is 0 Å². The van der Waals surface area contributed by atoms with Gasteiger partial charge in [0, 0.05) is 0 Å². The molecule has 3 aromatic carbocycles. The number of hydrogen-bond donors (Lipinski definition) is 0. The van der Waals surface area contributed by atoms with Gasteiger partial charge in [-0.1, -0.05) is 65.9 Å². The molecule has 4 rings (SSSR count). The van der Waals surface area contributed by atoms with E-state index in [9.17, 15) is 4.79 Å². The number of hydrogen-bond acceptors (Lipinski definition) is 5. The Kier molecular flexibility index (Phi) is 6.86. The average molecular weight is 476 g/mol. The average Bonchev–Trinajstić information content (AvgIpc) is 3.08. The van der Waals surface area contributed by atoms with E-state index in [2.05, 4.69) is 19.1 Å². The monoisotopic (exact) mass is 475 g/mol.